The number of rotatable bonds is 3. The third-order valence-corrected chi connectivity index (χ3v) is 4.58. The monoisotopic (exact) mass is 331 g/mol. The molecule has 0 saturated carbocycles. The number of aryl methyl sites for hydroxylation is 2. The van der Waals surface area contributed by atoms with Gasteiger partial charge in [-0.2, -0.15) is 0 Å². The molecule has 3 rings (SSSR count). The van der Waals surface area contributed by atoms with E-state index in [2.05, 4.69) is 62.1 Å². The summed E-state index contributed by atoms with van der Waals surface area (Å²) in [5.41, 5.74) is 6.35. The molecule has 0 bridgehead atoms. The molecule has 0 atom stereocenters. The molecule has 2 nitrogen and oxygen atoms in total. The molecule has 2 aromatic rings. The molecule has 2 heteroatoms. The van der Waals surface area contributed by atoms with Gasteiger partial charge in [0, 0.05) is 24.2 Å². The zero-order valence-electron chi connectivity index (χ0n) is 15.3. The predicted octanol–water partition coefficient (Wildman–Crippen LogP) is 4.68. The Labute approximate surface area is 150 Å². The Hall–Kier alpha value is -2.45. The van der Waals surface area contributed by atoms with E-state index in [1.54, 1.807) is 0 Å². The second kappa shape index (κ2) is 7.62. The number of carbonyl (C=O) groups is 1. The van der Waals surface area contributed by atoms with E-state index in [0.29, 0.717) is 13.1 Å². The largest absolute Gasteiger partial charge is 0.295 e. The van der Waals surface area contributed by atoms with E-state index in [-0.39, 0.29) is 5.78 Å². The van der Waals surface area contributed by atoms with E-state index in [1.807, 2.05) is 24.3 Å². The fraction of sp³-hybridized carbons (Fsp3) is 0.261. The van der Waals surface area contributed by atoms with Crippen LogP contribution in [0, 0.1) is 13.8 Å². The molecule has 1 saturated heterocycles. The number of ketones is 1. The first-order valence-corrected chi connectivity index (χ1v) is 8.86. The predicted molar refractivity (Wildman–Crippen MR) is 105 cm³/mol. The van der Waals surface area contributed by atoms with E-state index >= 15 is 0 Å². The Bertz CT molecular complexity index is 777. The van der Waals surface area contributed by atoms with E-state index in [4.69, 9.17) is 0 Å². The lowest BCUT2D eigenvalue weighted by molar-refractivity contribution is -0.113. The molecule has 128 valence electrons. The molecule has 2 aromatic carbocycles. The normalized spacial score (nSPS) is 18.9. The van der Waals surface area contributed by atoms with Crippen LogP contribution in [0.2, 0.25) is 0 Å². The van der Waals surface area contributed by atoms with Gasteiger partial charge < -0.3 is 0 Å². The van der Waals surface area contributed by atoms with Crippen LogP contribution in [0.4, 0.5) is 0 Å². The summed E-state index contributed by atoms with van der Waals surface area (Å²) in [6.45, 7) is 8.66. The number of nitrogens with zero attached hydrogens (tertiary/aromatic N) is 1. The molecule has 0 N–H and O–H groups in total. The summed E-state index contributed by atoms with van der Waals surface area (Å²) < 4.78 is 0. The number of Topliss-reactive ketones (excluding diaryl/α,β-unsaturated/α-hetero) is 1. The van der Waals surface area contributed by atoms with Gasteiger partial charge in [-0.15, -0.1) is 0 Å². The molecular weight excluding hydrogens is 306 g/mol. The van der Waals surface area contributed by atoms with Crippen molar-refractivity contribution >= 4 is 17.9 Å². The third-order valence-electron chi connectivity index (χ3n) is 4.58. The molecule has 0 amide bonds. The van der Waals surface area contributed by atoms with Crippen molar-refractivity contribution in [3.8, 4) is 0 Å². The Morgan fingerprint density at radius 3 is 1.76 bits per heavy atom. The van der Waals surface area contributed by atoms with Crippen LogP contribution in [-0.2, 0) is 4.79 Å². The number of benzene rings is 2. The van der Waals surface area contributed by atoms with Gasteiger partial charge in [0.05, 0.1) is 0 Å². The van der Waals surface area contributed by atoms with Crippen molar-refractivity contribution in [1.82, 2.24) is 4.90 Å². The highest BCUT2D eigenvalue weighted by Crippen LogP contribution is 2.22. The van der Waals surface area contributed by atoms with Crippen LogP contribution >= 0.6 is 0 Å². The molecule has 0 spiro atoms. The maximum atomic E-state index is 13.0. The Morgan fingerprint density at radius 2 is 1.36 bits per heavy atom. The summed E-state index contributed by atoms with van der Waals surface area (Å²) in [6, 6.07) is 16.6. The number of hydrogen-bond donors (Lipinski definition) is 0. The first-order valence-electron chi connectivity index (χ1n) is 8.86. The summed E-state index contributed by atoms with van der Waals surface area (Å²) in [7, 11) is 0. The van der Waals surface area contributed by atoms with Crippen LogP contribution in [0.25, 0.3) is 12.2 Å². The molecular formula is C23H25NO. The first-order chi connectivity index (χ1) is 12.0. The van der Waals surface area contributed by atoms with Gasteiger partial charge in [0.15, 0.2) is 5.78 Å². The maximum Gasteiger partial charge on any atom is 0.187 e. The van der Waals surface area contributed by atoms with Crippen molar-refractivity contribution in [3.63, 3.8) is 0 Å². The quantitative estimate of drug-likeness (QED) is 0.762. The molecule has 1 aliphatic rings. The average molecular weight is 331 g/mol. The van der Waals surface area contributed by atoms with Crippen molar-refractivity contribution in [2.75, 3.05) is 19.6 Å². The average Bonchev–Trinajstić information content (AvgIpc) is 2.58. The van der Waals surface area contributed by atoms with Crippen molar-refractivity contribution in [1.29, 1.82) is 0 Å². The zero-order chi connectivity index (χ0) is 17.8. The second-order valence-electron chi connectivity index (χ2n) is 6.80. The van der Waals surface area contributed by atoms with Gasteiger partial charge in [0.25, 0.3) is 0 Å². The number of piperidine rings is 1. The highest BCUT2D eigenvalue weighted by Gasteiger charge is 2.25. The second-order valence-corrected chi connectivity index (χ2v) is 6.80. The van der Waals surface area contributed by atoms with E-state index < -0.39 is 0 Å². The van der Waals surface area contributed by atoms with E-state index in [9.17, 15) is 4.79 Å². The fourth-order valence-corrected chi connectivity index (χ4v) is 3.26. The van der Waals surface area contributed by atoms with Crippen LogP contribution in [0.3, 0.4) is 0 Å². The standard InChI is InChI=1S/C23H25NO/c1-4-24-15-21(13-19-9-5-7-17(2)11-19)23(25)22(16-24)14-20-10-6-8-18(3)12-20/h5-14H,4,15-16H2,1-3H3/b21-13+,22-14+. The third kappa shape index (κ3) is 4.34. The van der Waals surface area contributed by atoms with E-state index in [1.165, 1.54) is 11.1 Å². The Morgan fingerprint density at radius 1 is 0.880 bits per heavy atom. The molecule has 0 aromatic heterocycles. The van der Waals surface area contributed by atoms with Crippen LogP contribution < -0.4 is 0 Å². The summed E-state index contributed by atoms with van der Waals surface area (Å²) in [5.74, 6) is 0.174. The van der Waals surface area contributed by atoms with Crippen molar-refractivity contribution < 1.29 is 4.79 Å². The minimum absolute atomic E-state index is 0.174. The van der Waals surface area contributed by atoms with Crippen LogP contribution in [0.1, 0.15) is 29.2 Å². The van der Waals surface area contributed by atoms with E-state index in [0.717, 1.165) is 28.8 Å². The smallest absolute Gasteiger partial charge is 0.187 e. The van der Waals surface area contributed by atoms with Crippen molar-refractivity contribution in [2.45, 2.75) is 20.8 Å². The molecule has 0 unspecified atom stereocenters. The summed E-state index contributed by atoms with van der Waals surface area (Å²) in [4.78, 5) is 15.3. The number of likely N-dealkylation sites (tertiary alicyclic amines) is 1. The van der Waals surface area contributed by atoms with Gasteiger partial charge in [0.1, 0.15) is 0 Å². The van der Waals surface area contributed by atoms with Crippen molar-refractivity contribution in [3.05, 3.63) is 81.9 Å². The minimum atomic E-state index is 0.174. The maximum absolute atomic E-state index is 13.0. The fourth-order valence-electron chi connectivity index (χ4n) is 3.26. The topological polar surface area (TPSA) is 20.3 Å². The van der Waals surface area contributed by atoms with Gasteiger partial charge in [-0.1, -0.05) is 66.6 Å². The highest BCUT2D eigenvalue weighted by molar-refractivity contribution is 6.14. The SMILES string of the molecule is CCN1C/C(=C\c2cccc(C)c2)C(=O)/C(=C/c2cccc(C)c2)C1. The summed E-state index contributed by atoms with van der Waals surface area (Å²) in [6.07, 6.45) is 4.09. The molecule has 1 fully saturated rings. The summed E-state index contributed by atoms with van der Waals surface area (Å²) in [5, 5.41) is 0. The zero-order valence-corrected chi connectivity index (χ0v) is 15.3. The lowest BCUT2D eigenvalue weighted by atomic mass is 9.94. The number of hydrogen-bond acceptors (Lipinski definition) is 2. The first kappa shape index (κ1) is 17.4. The number of likely N-dealkylation sites (N-methyl/N-ethyl adjacent to an activating group) is 1. The van der Waals surface area contributed by atoms with Crippen molar-refractivity contribution in [2.24, 2.45) is 0 Å². The highest BCUT2D eigenvalue weighted by atomic mass is 16.1. The molecule has 0 radical (unpaired) electrons. The van der Waals surface area contributed by atoms with Crippen LogP contribution in [0.15, 0.2) is 59.7 Å². The lowest BCUT2D eigenvalue weighted by Gasteiger charge is -2.28. The van der Waals surface area contributed by atoms with Gasteiger partial charge >= 0.3 is 0 Å². The van der Waals surface area contributed by atoms with Gasteiger partial charge in [-0.05, 0) is 43.7 Å². The minimum Gasteiger partial charge on any atom is -0.295 e. The molecule has 0 aliphatic carbocycles. The molecule has 25 heavy (non-hydrogen) atoms. The van der Waals surface area contributed by atoms with Gasteiger partial charge in [0.2, 0.25) is 0 Å². The Kier molecular flexibility index (Phi) is 5.30. The molecule has 1 heterocycles. The van der Waals surface area contributed by atoms with Gasteiger partial charge in [-0.25, -0.2) is 0 Å². The van der Waals surface area contributed by atoms with Crippen LogP contribution in [-0.4, -0.2) is 30.3 Å². The number of carbonyl (C=O) groups excluding carboxylic acids is 1. The molecule has 1 aliphatic heterocycles. The lowest BCUT2D eigenvalue weighted by Crippen LogP contribution is -2.37. The summed E-state index contributed by atoms with van der Waals surface area (Å²) >= 11 is 0. The van der Waals surface area contributed by atoms with Crippen LogP contribution in [0.5, 0.6) is 0 Å². The van der Waals surface area contributed by atoms with Gasteiger partial charge in [-0.3, -0.25) is 9.69 Å². The Balaban J connectivity index is 1.96.